The number of rotatable bonds is 5. The van der Waals surface area contributed by atoms with Crippen molar-refractivity contribution in [3.8, 4) is 0 Å². The van der Waals surface area contributed by atoms with E-state index in [0.717, 1.165) is 12.8 Å². The number of hydrogen-bond donors (Lipinski definition) is 0. The normalized spacial score (nSPS) is 20.4. The molecule has 0 fully saturated rings. The number of hydrogen-bond acceptors (Lipinski definition) is 3. The zero-order valence-electron chi connectivity index (χ0n) is 14.1. The molecule has 0 radical (unpaired) electrons. The number of ether oxygens (including phenoxy) is 1. The van der Waals surface area contributed by atoms with Crippen LogP contribution in [0.25, 0.3) is 0 Å². The Balaban J connectivity index is 2.69. The molecular weight excluding hydrogens is 268 g/mol. The lowest BCUT2D eigenvalue weighted by Crippen LogP contribution is -2.41. The summed E-state index contributed by atoms with van der Waals surface area (Å²) in [5.74, 6) is 0.196. The van der Waals surface area contributed by atoms with E-state index in [0.29, 0.717) is 18.9 Å². The quantitative estimate of drug-likeness (QED) is 0.431. The Labute approximate surface area is 124 Å². The Morgan fingerprint density at radius 3 is 2.45 bits per heavy atom. The van der Waals surface area contributed by atoms with Crippen molar-refractivity contribution in [2.24, 2.45) is 5.92 Å². The molecule has 0 spiro atoms. The molecule has 0 aliphatic heterocycles. The van der Waals surface area contributed by atoms with E-state index in [-0.39, 0.29) is 11.0 Å². The molecule has 116 valence electrons. The minimum atomic E-state index is -1.73. The second-order valence-corrected chi connectivity index (χ2v) is 12.2. The SMILES string of the molecule is COC(=O)CC1CCC(C)=C1CO[Si](C)(C)C(C)(C)C. The first-order valence-corrected chi connectivity index (χ1v) is 10.4. The van der Waals surface area contributed by atoms with Crippen molar-refractivity contribution in [2.45, 2.75) is 65.1 Å². The minimum Gasteiger partial charge on any atom is -0.469 e. The molecule has 0 N–H and O–H groups in total. The van der Waals surface area contributed by atoms with Gasteiger partial charge in [-0.15, -0.1) is 0 Å². The summed E-state index contributed by atoms with van der Waals surface area (Å²) in [5, 5.41) is 0.220. The van der Waals surface area contributed by atoms with Crippen molar-refractivity contribution in [3.63, 3.8) is 0 Å². The summed E-state index contributed by atoms with van der Waals surface area (Å²) in [7, 11) is -0.272. The third-order valence-electron chi connectivity index (χ3n) is 4.94. The number of carbonyl (C=O) groups excluding carboxylic acids is 1. The summed E-state index contributed by atoms with van der Waals surface area (Å²) in [5.41, 5.74) is 2.73. The van der Waals surface area contributed by atoms with Crippen LogP contribution in [0.2, 0.25) is 18.1 Å². The van der Waals surface area contributed by atoms with E-state index in [9.17, 15) is 4.79 Å². The number of methoxy groups -OCH3 is 1. The maximum Gasteiger partial charge on any atom is 0.306 e. The molecule has 3 nitrogen and oxygen atoms in total. The van der Waals surface area contributed by atoms with Crippen LogP contribution >= 0.6 is 0 Å². The molecule has 0 heterocycles. The molecule has 1 aliphatic rings. The third kappa shape index (κ3) is 4.19. The predicted octanol–water partition coefficient (Wildman–Crippen LogP) is 4.30. The Bertz CT molecular complexity index is 391. The van der Waals surface area contributed by atoms with Gasteiger partial charge >= 0.3 is 5.97 Å². The smallest absolute Gasteiger partial charge is 0.306 e. The summed E-state index contributed by atoms with van der Waals surface area (Å²) in [6.45, 7) is 14.1. The Kier molecular flexibility index (Phi) is 5.61. The Morgan fingerprint density at radius 2 is 1.95 bits per heavy atom. The maximum atomic E-state index is 11.5. The van der Waals surface area contributed by atoms with Crippen molar-refractivity contribution in [1.29, 1.82) is 0 Å². The van der Waals surface area contributed by atoms with Crippen molar-refractivity contribution in [1.82, 2.24) is 0 Å². The van der Waals surface area contributed by atoms with Gasteiger partial charge in [-0.05, 0) is 49.4 Å². The van der Waals surface area contributed by atoms with Crippen molar-refractivity contribution in [2.75, 3.05) is 13.7 Å². The molecule has 1 unspecified atom stereocenters. The first-order chi connectivity index (χ1) is 9.08. The van der Waals surface area contributed by atoms with Crippen LogP contribution in [-0.4, -0.2) is 28.0 Å². The van der Waals surface area contributed by atoms with Gasteiger partial charge in [-0.2, -0.15) is 0 Å². The van der Waals surface area contributed by atoms with Crippen molar-refractivity contribution < 1.29 is 14.0 Å². The lowest BCUT2D eigenvalue weighted by Gasteiger charge is -2.36. The van der Waals surface area contributed by atoms with Crippen LogP contribution in [0.15, 0.2) is 11.1 Å². The molecule has 20 heavy (non-hydrogen) atoms. The van der Waals surface area contributed by atoms with Gasteiger partial charge in [0.1, 0.15) is 0 Å². The van der Waals surface area contributed by atoms with Crippen LogP contribution in [0.4, 0.5) is 0 Å². The molecule has 4 heteroatoms. The van der Waals surface area contributed by atoms with Crippen molar-refractivity contribution in [3.05, 3.63) is 11.1 Å². The van der Waals surface area contributed by atoms with E-state index < -0.39 is 8.32 Å². The molecule has 0 amide bonds. The van der Waals surface area contributed by atoms with Crippen molar-refractivity contribution >= 4 is 14.3 Å². The minimum absolute atomic E-state index is 0.116. The average Bonchev–Trinajstić information content (AvgIpc) is 2.66. The number of allylic oxidation sites excluding steroid dienone is 1. The van der Waals surface area contributed by atoms with Gasteiger partial charge in [0.25, 0.3) is 0 Å². The Hall–Kier alpha value is -0.613. The molecule has 1 atom stereocenters. The van der Waals surface area contributed by atoms with Gasteiger partial charge in [0.15, 0.2) is 8.32 Å². The summed E-state index contributed by atoms with van der Waals surface area (Å²) in [4.78, 5) is 11.5. The van der Waals surface area contributed by atoms with Crippen LogP contribution in [0.3, 0.4) is 0 Å². The summed E-state index contributed by atoms with van der Waals surface area (Å²) < 4.78 is 11.1. The van der Waals surface area contributed by atoms with E-state index in [1.807, 2.05) is 0 Å². The van der Waals surface area contributed by atoms with E-state index in [1.54, 1.807) is 0 Å². The van der Waals surface area contributed by atoms with Gasteiger partial charge in [-0.1, -0.05) is 26.3 Å². The monoisotopic (exact) mass is 298 g/mol. The molecule has 0 aromatic heterocycles. The van der Waals surface area contributed by atoms with E-state index in [4.69, 9.17) is 9.16 Å². The summed E-state index contributed by atoms with van der Waals surface area (Å²) in [6, 6.07) is 0. The zero-order valence-corrected chi connectivity index (χ0v) is 15.1. The van der Waals surface area contributed by atoms with Crippen LogP contribution in [-0.2, 0) is 14.0 Å². The van der Waals surface area contributed by atoms with Crippen LogP contribution in [0.5, 0.6) is 0 Å². The van der Waals surface area contributed by atoms with Crippen LogP contribution < -0.4 is 0 Å². The molecule has 1 rings (SSSR count). The van der Waals surface area contributed by atoms with Gasteiger partial charge in [0.2, 0.25) is 0 Å². The molecule has 0 bridgehead atoms. The molecule has 0 saturated heterocycles. The number of esters is 1. The van der Waals surface area contributed by atoms with Gasteiger partial charge in [-0.25, -0.2) is 0 Å². The number of carbonyl (C=O) groups is 1. The fourth-order valence-corrected chi connectivity index (χ4v) is 3.25. The first kappa shape index (κ1) is 17.4. The Morgan fingerprint density at radius 1 is 1.35 bits per heavy atom. The first-order valence-electron chi connectivity index (χ1n) is 7.48. The fraction of sp³-hybridized carbons (Fsp3) is 0.812. The standard InChI is InChI=1S/C16H30O3Si/c1-12-8-9-13(10-15(17)18-5)14(12)11-19-20(6,7)16(2,3)4/h13H,8-11H2,1-7H3. The summed E-state index contributed by atoms with van der Waals surface area (Å²) >= 11 is 0. The molecular formula is C16H30O3Si. The molecule has 0 aromatic rings. The van der Waals surface area contributed by atoms with Crippen LogP contribution in [0, 0.1) is 5.92 Å². The highest BCUT2D eigenvalue weighted by atomic mass is 28.4. The van der Waals surface area contributed by atoms with Gasteiger partial charge in [0.05, 0.1) is 20.1 Å². The largest absolute Gasteiger partial charge is 0.469 e. The predicted molar refractivity (Wildman–Crippen MR) is 85.2 cm³/mol. The van der Waals surface area contributed by atoms with E-state index >= 15 is 0 Å². The highest BCUT2D eigenvalue weighted by Gasteiger charge is 2.38. The second-order valence-electron chi connectivity index (χ2n) is 7.37. The fourth-order valence-electron chi connectivity index (χ4n) is 2.30. The average molecular weight is 298 g/mol. The maximum absolute atomic E-state index is 11.5. The van der Waals surface area contributed by atoms with Gasteiger partial charge < -0.3 is 9.16 Å². The molecule has 0 saturated carbocycles. The summed E-state index contributed by atoms with van der Waals surface area (Å²) in [6.07, 6.45) is 2.62. The van der Waals surface area contributed by atoms with Gasteiger partial charge in [0, 0.05) is 0 Å². The van der Waals surface area contributed by atoms with Gasteiger partial charge in [-0.3, -0.25) is 4.79 Å². The second kappa shape index (κ2) is 6.44. The highest BCUT2D eigenvalue weighted by molar-refractivity contribution is 6.74. The highest BCUT2D eigenvalue weighted by Crippen LogP contribution is 2.39. The lowest BCUT2D eigenvalue weighted by molar-refractivity contribution is -0.141. The third-order valence-corrected chi connectivity index (χ3v) is 9.42. The zero-order chi connectivity index (χ0) is 15.6. The topological polar surface area (TPSA) is 35.5 Å². The van der Waals surface area contributed by atoms with E-state index in [1.165, 1.54) is 18.3 Å². The van der Waals surface area contributed by atoms with Crippen LogP contribution in [0.1, 0.15) is 47.0 Å². The molecule has 0 aromatic carbocycles. The van der Waals surface area contributed by atoms with E-state index in [2.05, 4.69) is 40.8 Å². The lowest BCUT2D eigenvalue weighted by atomic mass is 9.98. The molecule has 1 aliphatic carbocycles.